The third-order valence-corrected chi connectivity index (χ3v) is 2.12. The number of allylic oxidation sites excluding steroid dienone is 3. The molecule has 1 rings (SSSR count). The average molecular weight is 257 g/mol. The lowest BCUT2D eigenvalue weighted by Gasteiger charge is -2.02. The number of benzene rings is 1. The highest BCUT2D eigenvalue weighted by molar-refractivity contribution is 5.99. The van der Waals surface area contributed by atoms with E-state index in [1.807, 2.05) is 13.0 Å². The molecule has 0 bridgehead atoms. The van der Waals surface area contributed by atoms with Crippen molar-refractivity contribution in [2.45, 2.75) is 6.92 Å². The Labute approximate surface area is 111 Å². The number of aliphatic carboxylic acids is 1. The number of hydrogen-bond donors (Lipinski definition) is 2. The summed E-state index contributed by atoms with van der Waals surface area (Å²) in [6, 6.07) is 6.93. The van der Waals surface area contributed by atoms with Crippen LogP contribution in [0.4, 0.5) is 5.69 Å². The van der Waals surface area contributed by atoms with Crippen molar-refractivity contribution in [3.8, 4) is 0 Å². The van der Waals surface area contributed by atoms with Crippen LogP contribution in [0.5, 0.6) is 0 Å². The van der Waals surface area contributed by atoms with Crippen molar-refractivity contribution in [3.05, 3.63) is 60.2 Å². The molecule has 0 fully saturated rings. The van der Waals surface area contributed by atoms with Crippen molar-refractivity contribution in [2.75, 3.05) is 5.32 Å². The van der Waals surface area contributed by atoms with Crippen LogP contribution in [-0.2, 0) is 9.59 Å². The molecule has 0 aliphatic heterocycles. The van der Waals surface area contributed by atoms with E-state index in [0.29, 0.717) is 11.3 Å². The predicted octanol–water partition coefficient (Wildman–Crippen LogP) is 2.86. The minimum absolute atomic E-state index is 0.238. The summed E-state index contributed by atoms with van der Waals surface area (Å²) in [7, 11) is 0. The molecule has 0 aliphatic rings. The van der Waals surface area contributed by atoms with Gasteiger partial charge in [0.25, 0.3) is 0 Å². The zero-order valence-corrected chi connectivity index (χ0v) is 10.5. The van der Waals surface area contributed by atoms with Crippen molar-refractivity contribution in [2.24, 2.45) is 0 Å². The molecule has 19 heavy (non-hydrogen) atoms. The Balaban J connectivity index is 2.72. The molecule has 0 saturated carbocycles. The smallest absolute Gasteiger partial charge is 0.328 e. The molecule has 0 unspecified atom stereocenters. The van der Waals surface area contributed by atoms with Gasteiger partial charge >= 0.3 is 5.97 Å². The standard InChI is InChI=1S/C15H15NO3/c1-2-3-4-8-14(17)16-13-7-5-6-12(11-13)9-10-15(18)19/h2-11H,1H3,(H,16,17)(H,18,19)/b3-2?,8-4?,10-9+. The van der Waals surface area contributed by atoms with Crippen LogP contribution in [0, 0.1) is 0 Å². The van der Waals surface area contributed by atoms with Crippen LogP contribution in [0.3, 0.4) is 0 Å². The number of hydrogen-bond acceptors (Lipinski definition) is 2. The highest BCUT2D eigenvalue weighted by Gasteiger charge is 1.98. The zero-order chi connectivity index (χ0) is 14.1. The highest BCUT2D eigenvalue weighted by Crippen LogP contribution is 2.12. The van der Waals surface area contributed by atoms with Gasteiger partial charge in [0.1, 0.15) is 0 Å². The fourth-order valence-electron chi connectivity index (χ4n) is 1.33. The fraction of sp³-hybridized carbons (Fsp3) is 0.0667. The Kier molecular flexibility index (Phi) is 5.82. The molecule has 0 heterocycles. The van der Waals surface area contributed by atoms with Gasteiger partial charge in [-0.2, -0.15) is 0 Å². The molecule has 0 aromatic heterocycles. The first-order valence-electron chi connectivity index (χ1n) is 5.73. The first-order chi connectivity index (χ1) is 9.11. The monoisotopic (exact) mass is 257 g/mol. The van der Waals surface area contributed by atoms with Gasteiger partial charge in [0.2, 0.25) is 5.91 Å². The van der Waals surface area contributed by atoms with Crippen LogP contribution < -0.4 is 5.32 Å². The van der Waals surface area contributed by atoms with Gasteiger partial charge in [-0.3, -0.25) is 4.79 Å². The van der Waals surface area contributed by atoms with Gasteiger partial charge in [0.15, 0.2) is 0 Å². The molecule has 0 spiro atoms. The minimum atomic E-state index is -1.01. The second-order valence-electron chi connectivity index (χ2n) is 3.67. The number of carbonyl (C=O) groups excluding carboxylic acids is 1. The van der Waals surface area contributed by atoms with Gasteiger partial charge in [-0.05, 0) is 30.7 Å². The number of carboxylic acid groups (broad SMARTS) is 1. The SMILES string of the molecule is CC=CC=CC(=O)Nc1cccc(/C=C/C(=O)O)c1. The summed E-state index contributed by atoms with van der Waals surface area (Å²) in [6.45, 7) is 1.86. The van der Waals surface area contributed by atoms with E-state index in [9.17, 15) is 9.59 Å². The van der Waals surface area contributed by atoms with Crippen LogP contribution in [-0.4, -0.2) is 17.0 Å². The quantitative estimate of drug-likeness (QED) is 0.629. The molecule has 1 aromatic rings. The molecule has 0 aliphatic carbocycles. The Morgan fingerprint density at radius 3 is 2.68 bits per heavy atom. The lowest BCUT2D eigenvalue weighted by Crippen LogP contribution is -2.07. The van der Waals surface area contributed by atoms with Crippen molar-refractivity contribution < 1.29 is 14.7 Å². The molecule has 1 aromatic carbocycles. The number of nitrogens with one attached hydrogen (secondary N) is 1. The van der Waals surface area contributed by atoms with Gasteiger partial charge in [-0.25, -0.2) is 4.79 Å². The van der Waals surface area contributed by atoms with Crippen molar-refractivity contribution >= 4 is 23.6 Å². The minimum Gasteiger partial charge on any atom is -0.478 e. The second-order valence-corrected chi connectivity index (χ2v) is 3.67. The molecular weight excluding hydrogens is 242 g/mol. The van der Waals surface area contributed by atoms with E-state index in [4.69, 9.17) is 5.11 Å². The van der Waals surface area contributed by atoms with Crippen molar-refractivity contribution in [1.82, 2.24) is 0 Å². The van der Waals surface area contributed by atoms with E-state index in [-0.39, 0.29) is 5.91 Å². The number of amides is 1. The largest absolute Gasteiger partial charge is 0.478 e. The molecule has 2 N–H and O–H groups in total. The molecule has 98 valence electrons. The third-order valence-electron chi connectivity index (χ3n) is 2.12. The van der Waals surface area contributed by atoms with Crippen LogP contribution >= 0.6 is 0 Å². The Hall–Kier alpha value is -2.62. The summed E-state index contributed by atoms with van der Waals surface area (Å²) >= 11 is 0. The van der Waals surface area contributed by atoms with Crippen LogP contribution in [0.2, 0.25) is 0 Å². The van der Waals surface area contributed by atoms with Crippen molar-refractivity contribution in [3.63, 3.8) is 0 Å². The topological polar surface area (TPSA) is 66.4 Å². The van der Waals surface area contributed by atoms with Crippen LogP contribution in [0.15, 0.2) is 54.6 Å². The molecule has 4 heteroatoms. The average Bonchev–Trinajstić information content (AvgIpc) is 2.37. The van der Waals surface area contributed by atoms with E-state index in [1.54, 1.807) is 36.4 Å². The summed E-state index contributed by atoms with van der Waals surface area (Å²) in [6.07, 6.45) is 9.15. The summed E-state index contributed by atoms with van der Waals surface area (Å²) in [5.74, 6) is -1.25. The highest BCUT2D eigenvalue weighted by atomic mass is 16.4. The maximum atomic E-state index is 11.5. The van der Waals surface area contributed by atoms with Gasteiger partial charge in [-0.15, -0.1) is 0 Å². The van der Waals surface area contributed by atoms with E-state index in [2.05, 4.69) is 5.32 Å². The molecule has 0 saturated heterocycles. The first-order valence-corrected chi connectivity index (χ1v) is 5.73. The Morgan fingerprint density at radius 1 is 1.21 bits per heavy atom. The molecule has 1 amide bonds. The number of carboxylic acids is 1. The first kappa shape index (κ1) is 14.4. The third kappa shape index (κ3) is 6.02. The predicted molar refractivity (Wildman–Crippen MR) is 75.7 cm³/mol. The molecular formula is C15H15NO3. The van der Waals surface area contributed by atoms with Gasteiger partial charge in [0.05, 0.1) is 0 Å². The fourth-order valence-corrected chi connectivity index (χ4v) is 1.33. The number of anilines is 1. The number of carbonyl (C=O) groups is 2. The number of rotatable bonds is 5. The maximum absolute atomic E-state index is 11.5. The van der Waals surface area contributed by atoms with Crippen molar-refractivity contribution in [1.29, 1.82) is 0 Å². The van der Waals surface area contributed by atoms with Crippen LogP contribution in [0.25, 0.3) is 6.08 Å². The van der Waals surface area contributed by atoms with E-state index in [0.717, 1.165) is 6.08 Å². The zero-order valence-electron chi connectivity index (χ0n) is 10.5. The summed E-state index contributed by atoms with van der Waals surface area (Å²) in [5.41, 5.74) is 1.32. The van der Waals surface area contributed by atoms with E-state index < -0.39 is 5.97 Å². The molecule has 4 nitrogen and oxygen atoms in total. The summed E-state index contributed by atoms with van der Waals surface area (Å²) in [4.78, 5) is 21.9. The molecule has 0 radical (unpaired) electrons. The van der Waals surface area contributed by atoms with Gasteiger partial charge in [0, 0.05) is 17.8 Å². The van der Waals surface area contributed by atoms with E-state index in [1.165, 1.54) is 12.2 Å². The second kappa shape index (κ2) is 7.66. The maximum Gasteiger partial charge on any atom is 0.328 e. The Morgan fingerprint density at radius 2 is 2.00 bits per heavy atom. The summed E-state index contributed by atoms with van der Waals surface area (Å²) < 4.78 is 0. The summed E-state index contributed by atoms with van der Waals surface area (Å²) in [5, 5.41) is 11.2. The van der Waals surface area contributed by atoms with Crippen LogP contribution in [0.1, 0.15) is 12.5 Å². The molecule has 0 atom stereocenters. The van der Waals surface area contributed by atoms with E-state index >= 15 is 0 Å². The Bertz CT molecular complexity index is 542. The lowest BCUT2D eigenvalue weighted by atomic mass is 10.2. The normalized spacial score (nSPS) is 11.4. The van der Waals surface area contributed by atoms with Gasteiger partial charge < -0.3 is 10.4 Å². The lowest BCUT2D eigenvalue weighted by molar-refractivity contribution is -0.131. The van der Waals surface area contributed by atoms with Gasteiger partial charge in [-0.1, -0.05) is 30.4 Å².